The first-order valence-corrected chi connectivity index (χ1v) is 10.6. The van der Waals surface area contributed by atoms with Gasteiger partial charge in [-0.1, -0.05) is 63.4 Å². The van der Waals surface area contributed by atoms with E-state index in [9.17, 15) is 9.32 Å². The van der Waals surface area contributed by atoms with Gasteiger partial charge in [-0.05, 0) is 59.7 Å². The third kappa shape index (κ3) is 4.38. The van der Waals surface area contributed by atoms with E-state index in [4.69, 9.17) is 23.2 Å². The molecule has 3 rings (SSSR count). The van der Waals surface area contributed by atoms with Crippen molar-refractivity contribution in [3.05, 3.63) is 98.4 Å². The number of aliphatic hydroxyl groups is 1. The van der Waals surface area contributed by atoms with Crippen LogP contribution in [-0.4, -0.2) is 15.1 Å². The quantitative estimate of drug-likeness (QED) is 0.512. The third-order valence-electron chi connectivity index (χ3n) is 4.06. The lowest BCUT2D eigenvalue weighted by Gasteiger charge is -2.29. The van der Waals surface area contributed by atoms with Crippen molar-refractivity contribution >= 4 is 49.9 Å². The van der Waals surface area contributed by atoms with Crippen LogP contribution in [0.4, 0.5) is 0 Å². The summed E-state index contributed by atoms with van der Waals surface area (Å²) < 4.78 is 13.8. The van der Waals surface area contributed by atoms with Crippen LogP contribution in [0.5, 0.6) is 0 Å². The molecule has 0 saturated carbocycles. The Morgan fingerprint density at radius 2 is 1.23 bits per heavy atom. The summed E-state index contributed by atoms with van der Waals surface area (Å²) >= 11 is 15.3. The molecule has 3 aromatic carbocycles. The maximum absolute atomic E-state index is 12.9. The van der Waals surface area contributed by atoms with Crippen molar-refractivity contribution in [1.82, 2.24) is 0 Å². The zero-order valence-corrected chi connectivity index (χ0v) is 17.4. The van der Waals surface area contributed by atoms with Crippen LogP contribution in [0.2, 0.25) is 10.0 Å². The van der Waals surface area contributed by atoms with E-state index in [0.717, 1.165) is 4.47 Å². The molecule has 1 atom stereocenters. The summed E-state index contributed by atoms with van der Waals surface area (Å²) in [6.07, 6.45) is 0. The highest BCUT2D eigenvalue weighted by atomic mass is 79.9. The van der Waals surface area contributed by atoms with Gasteiger partial charge < -0.3 is 5.11 Å². The van der Waals surface area contributed by atoms with Gasteiger partial charge in [-0.2, -0.15) is 0 Å². The fourth-order valence-corrected chi connectivity index (χ4v) is 4.48. The monoisotopic (exact) mass is 468 g/mol. The lowest BCUT2D eigenvalue weighted by atomic mass is 9.88. The third-order valence-corrected chi connectivity index (χ3v) is 6.57. The molecule has 0 aromatic heterocycles. The first kappa shape index (κ1) is 19.6. The van der Waals surface area contributed by atoms with E-state index in [0.29, 0.717) is 26.1 Å². The zero-order valence-electron chi connectivity index (χ0n) is 13.5. The fourth-order valence-electron chi connectivity index (χ4n) is 2.64. The van der Waals surface area contributed by atoms with Gasteiger partial charge in [-0.25, -0.2) is 0 Å². The number of hydrogen-bond donors (Lipinski definition) is 1. The van der Waals surface area contributed by atoms with Crippen molar-refractivity contribution in [3.63, 3.8) is 0 Å². The lowest BCUT2D eigenvalue weighted by Crippen LogP contribution is -2.33. The van der Waals surface area contributed by atoms with E-state index < -0.39 is 16.4 Å². The molecule has 0 amide bonds. The number of rotatable bonds is 5. The van der Waals surface area contributed by atoms with Gasteiger partial charge in [0.15, 0.2) is 0 Å². The van der Waals surface area contributed by atoms with E-state index in [-0.39, 0.29) is 5.75 Å². The predicted molar refractivity (Wildman–Crippen MR) is 111 cm³/mol. The van der Waals surface area contributed by atoms with E-state index in [1.807, 2.05) is 12.1 Å². The first-order chi connectivity index (χ1) is 12.4. The van der Waals surface area contributed by atoms with Gasteiger partial charge >= 0.3 is 0 Å². The van der Waals surface area contributed by atoms with Crippen LogP contribution in [-0.2, 0) is 16.4 Å². The molecule has 0 saturated heterocycles. The van der Waals surface area contributed by atoms with Crippen LogP contribution in [0, 0.1) is 0 Å². The van der Waals surface area contributed by atoms with Crippen LogP contribution >= 0.6 is 39.1 Å². The second-order valence-electron chi connectivity index (χ2n) is 5.82. The summed E-state index contributed by atoms with van der Waals surface area (Å²) in [5.41, 5.74) is -0.197. The molecule has 0 radical (unpaired) electrons. The van der Waals surface area contributed by atoms with Crippen molar-refractivity contribution < 1.29 is 9.32 Å². The molecule has 0 bridgehead atoms. The van der Waals surface area contributed by atoms with Crippen molar-refractivity contribution in [2.24, 2.45) is 0 Å². The summed E-state index contributed by atoms with van der Waals surface area (Å²) in [4.78, 5) is 0.648. The molecular formula is C20H15BrCl2O2S. The summed E-state index contributed by atoms with van der Waals surface area (Å²) in [5, 5.41) is 12.7. The summed E-state index contributed by atoms with van der Waals surface area (Å²) in [7, 11) is -1.41. The highest BCUT2D eigenvalue weighted by Gasteiger charge is 2.34. The van der Waals surface area contributed by atoms with E-state index in [1.165, 1.54) is 0 Å². The van der Waals surface area contributed by atoms with Crippen LogP contribution < -0.4 is 0 Å². The smallest absolute Gasteiger partial charge is 0.126 e. The Balaban J connectivity index is 2.02. The Morgan fingerprint density at radius 3 is 1.65 bits per heavy atom. The molecule has 2 nitrogen and oxygen atoms in total. The van der Waals surface area contributed by atoms with Gasteiger partial charge in [-0.3, -0.25) is 4.21 Å². The molecule has 0 unspecified atom stereocenters. The van der Waals surface area contributed by atoms with Crippen molar-refractivity contribution in [2.45, 2.75) is 10.5 Å². The average Bonchev–Trinajstić information content (AvgIpc) is 2.63. The molecular weight excluding hydrogens is 455 g/mol. The highest BCUT2D eigenvalue weighted by Crippen LogP contribution is 2.33. The summed E-state index contributed by atoms with van der Waals surface area (Å²) in [5.74, 6) is 0.0118. The largest absolute Gasteiger partial charge is 0.379 e. The van der Waals surface area contributed by atoms with Gasteiger partial charge in [0.2, 0.25) is 0 Å². The van der Waals surface area contributed by atoms with Crippen molar-refractivity contribution in [3.8, 4) is 0 Å². The minimum Gasteiger partial charge on any atom is -0.379 e. The van der Waals surface area contributed by atoms with Crippen molar-refractivity contribution in [1.29, 1.82) is 0 Å². The van der Waals surface area contributed by atoms with E-state index in [2.05, 4.69) is 15.9 Å². The normalized spacial score (nSPS) is 12.8. The Morgan fingerprint density at radius 1 is 0.808 bits per heavy atom. The Bertz CT molecular complexity index is 865. The zero-order chi connectivity index (χ0) is 18.7. The van der Waals surface area contributed by atoms with Crippen LogP contribution in [0.1, 0.15) is 11.1 Å². The molecule has 0 fully saturated rings. The maximum Gasteiger partial charge on any atom is 0.126 e. The first-order valence-electron chi connectivity index (χ1n) is 7.77. The number of benzene rings is 3. The Labute approximate surface area is 173 Å². The second-order valence-corrected chi connectivity index (χ2v) is 9.06. The van der Waals surface area contributed by atoms with E-state index >= 15 is 0 Å². The Kier molecular flexibility index (Phi) is 6.21. The van der Waals surface area contributed by atoms with Gasteiger partial charge in [0.25, 0.3) is 0 Å². The highest BCUT2D eigenvalue weighted by molar-refractivity contribution is 9.10. The molecule has 6 heteroatoms. The standard InChI is InChI=1S/C20H15BrCl2O2S/c21-16-5-11-19(12-6-16)26(25)13-20(24,14-1-7-17(22)8-2-14)15-3-9-18(23)10-4-15/h1-12,24H,13H2/t26-/m1/s1. The average molecular weight is 470 g/mol. The molecule has 1 N–H and O–H groups in total. The van der Waals surface area contributed by atoms with E-state index in [1.54, 1.807) is 60.7 Å². The number of halogens is 3. The maximum atomic E-state index is 12.9. The van der Waals surface area contributed by atoms with Crippen LogP contribution in [0.3, 0.4) is 0 Å². The lowest BCUT2D eigenvalue weighted by molar-refractivity contribution is 0.106. The molecule has 0 aliphatic carbocycles. The second kappa shape index (κ2) is 8.24. The molecule has 134 valence electrons. The van der Waals surface area contributed by atoms with Gasteiger partial charge in [-0.15, -0.1) is 0 Å². The Hall–Kier alpha value is -1.17. The molecule has 3 aromatic rings. The predicted octanol–water partition coefficient (Wildman–Crippen LogP) is 5.80. The fraction of sp³-hybridized carbons (Fsp3) is 0.100. The van der Waals surface area contributed by atoms with Crippen LogP contribution in [0.25, 0.3) is 0 Å². The molecule has 26 heavy (non-hydrogen) atoms. The minimum atomic E-state index is -1.44. The van der Waals surface area contributed by atoms with Gasteiger partial charge in [0.05, 0.1) is 16.6 Å². The summed E-state index contributed by atoms with van der Waals surface area (Å²) in [6.45, 7) is 0. The SMILES string of the molecule is O=[S@](CC(O)(c1ccc(Cl)cc1)c1ccc(Cl)cc1)c1ccc(Br)cc1. The van der Waals surface area contributed by atoms with Crippen molar-refractivity contribution in [2.75, 3.05) is 5.75 Å². The summed E-state index contributed by atoms with van der Waals surface area (Å²) in [6, 6.07) is 21.0. The molecule has 0 spiro atoms. The van der Waals surface area contributed by atoms with Gasteiger partial charge in [0.1, 0.15) is 5.60 Å². The molecule has 0 aliphatic rings. The topological polar surface area (TPSA) is 37.3 Å². The van der Waals surface area contributed by atoms with Crippen LogP contribution in [0.15, 0.2) is 82.2 Å². The minimum absolute atomic E-state index is 0.0118. The molecule has 0 heterocycles. The molecule has 0 aliphatic heterocycles. The van der Waals surface area contributed by atoms with Gasteiger partial charge in [0, 0.05) is 19.4 Å². The number of hydrogen-bond acceptors (Lipinski definition) is 2.